The number of fused-ring (bicyclic) bond motifs is 1. The Morgan fingerprint density at radius 1 is 1.36 bits per heavy atom. The van der Waals surface area contributed by atoms with Crippen molar-refractivity contribution in [1.82, 2.24) is 15.6 Å². The van der Waals surface area contributed by atoms with Crippen LogP contribution in [-0.2, 0) is 16.0 Å². The summed E-state index contributed by atoms with van der Waals surface area (Å²) in [5, 5.41) is 6.89. The quantitative estimate of drug-likeness (QED) is 0.799. The summed E-state index contributed by atoms with van der Waals surface area (Å²) in [6, 6.07) is 7.71. The lowest BCUT2D eigenvalue weighted by molar-refractivity contribution is -0.128. The zero-order valence-corrected chi connectivity index (χ0v) is 13.0. The molecule has 1 aromatic heterocycles. The smallest absolute Gasteiger partial charge is 0.243 e. The van der Waals surface area contributed by atoms with Crippen molar-refractivity contribution in [2.24, 2.45) is 0 Å². The maximum absolute atomic E-state index is 12.1. The van der Waals surface area contributed by atoms with Crippen molar-refractivity contribution in [2.45, 2.75) is 18.9 Å². The van der Waals surface area contributed by atoms with Gasteiger partial charge in [-0.2, -0.15) is 11.8 Å². The average Bonchev–Trinajstić information content (AvgIpc) is 2.80. The lowest BCUT2D eigenvalue weighted by Crippen LogP contribution is -2.47. The third-order valence-electron chi connectivity index (χ3n) is 3.78. The van der Waals surface area contributed by atoms with E-state index in [0.717, 1.165) is 17.7 Å². The van der Waals surface area contributed by atoms with E-state index in [1.807, 2.05) is 24.4 Å². The zero-order chi connectivity index (χ0) is 15.4. The number of carbonyl (C=O) groups is 2. The van der Waals surface area contributed by atoms with E-state index in [4.69, 9.17) is 0 Å². The highest BCUT2D eigenvalue weighted by Crippen LogP contribution is 2.17. The Balaban J connectivity index is 1.54. The zero-order valence-electron chi connectivity index (χ0n) is 12.2. The summed E-state index contributed by atoms with van der Waals surface area (Å²) >= 11 is 1.64. The Labute approximate surface area is 133 Å². The van der Waals surface area contributed by atoms with E-state index in [1.54, 1.807) is 11.8 Å². The predicted molar refractivity (Wildman–Crippen MR) is 88.9 cm³/mol. The van der Waals surface area contributed by atoms with Gasteiger partial charge in [0.05, 0.1) is 0 Å². The summed E-state index contributed by atoms with van der Waals surface area (Å²) in [6.07, 6.45) is 3.24. The summed E-state index contributed by atoms with van der Waals surface area (Å²) < 4.78 is 0. The number of carbonyl (C=O) groups excluding carboxylic acids is 2. The molecule has 0 bridgehead atoms. The van der Waals surface area contributed by atoms with Gasteiger partial charge in [-0.25, -0.2) is 0 Å². The second-order valence-corrected chi connectivity index (χ2v) is 6.50. The minimum atomic E-state index is -0.414. The van der Waals surface area contributed by atoms with Crippen LogP contribution >= 0.6 is 11.8 Å². The van der Waals surface area contributed by atoms with Gasteiger partial charge in [0, 0.05) is 41.6 Å². The van der Waals surface area contributed by atoms with Gasteiger partial charge in [-0.15, -0.1) is 0 Å². The van der Waals surface area contributed by atoms with Crippen LogP contribution in [0.15, 0.2) is 30.5 Å². The summed E-state index contributed by atoms with van der Waals surface area (Å²) in [6.45, 7) is 0.567. The highest BCUT2D eigenvalue weighted by molar-refractivity contribution is 7.99. The molecule has 0 aliphatic carbocycles. The Hall–Kier alpha value is -1.95. The molecule has 1 atom stereocenters. The summed E-state index contributed by atoms with van der Waals surface area (Å²) in [5.41, 5.74) is 2.30. The van der Waals surface area contributed by atoms with Crippen LogP contribution in [0.2, 0.25) is 0 Å². The number of para-hydroxylation sites is 1. The van der Waals surface area contributed by atoms with Crippen LogP contribution in [0.5, 0.6) is 0 Å². The minimum absolute atomic E-state index is 0.0400. The molecule has 1 aliphatic heterocycles. The van der Waals surface area contributed by atoms with E-state index in [-0.39, 0.29) is 11.8 Å². The first-order valence-corrected chi connectivity index (χ1v) is 8.59. The molecule has 1 aliphatic rings. The first-order chi connectivity index (χ1) is 10.7. The maximum Gasteiger partial charge on any atom is 0.243 e. The SMILES string of the molecule is O=C1CCSC[C@H](C(=O)NCCc2c[nH]c3ccccc23)N1. The third-order valence-corrected chi connectivity index (χ3v) is 4.84. The van der Waals surface area contributed by atoms with Gasteiger partial charge in [0.2, 0.25) is 11.8 Å². The Morgan fingerprint density at radius 3 is 3.14 bits per heavy atom. The molecule has 1 fully saturated rings. The van der Waals surface area contributed by atoms with E-state index >= 15 is 0 Å². The lowest BCUT2D eigenvalue weighted by Gasteiger charge is -2.15. The Morgan fingerprint density at radius 2 is 2.23 bits per heavy atom. The highest BCUT2D eigenvalue weighted by Gasteiger charge is 2.22. The molecule has 6 heteroatoms. The molecule has 0 spiro atoms. The summed E-state index contributed by atoms with van der Waals surface area (Å²) in [4.78, 5) is 26.9. The number of benzene rings is 1. The number of rotatable bonds is 4. The molecule has 2 amide bonds. The fourth-order valence-corrected chi connectivity index (χ4v) is 3.56. The first-order valence-electron chi connectivity index (χ1n) is 7.44. The van der Waals surface area contributed by atoms with Crippen molar-refractivity contribution in [1.29, 1.82) is 0 Å². The van der Waals surface area contributed by atoms with Gasteiger partial charge in [-0.1, -0.05) is 18.2 Å². The van der Waals surface area contributed by atoms with E-state index in [2.05, 4.69) is 21.7 Å². The number of hydrogen-bond donors (Lipinski definition) is 3. The number of aromatic amines is 1. The molecule has 2 heterocycles. The number of nitrogens with one attached hydrogen (secondary N) is 3. The minimum Gasteiger partial charge on any atom is -0.361 e. The van der Waals surface area contributed by atoms with Crippen molar-refractivity contribution >= 4 is 34.5 Å². The molecular formula is C16H19N3O2S. The maximum atomic E-state index is 12.1. The Kier molecular flexibility index (Phi) is 4.68. The summed E-state index contributed by atoms with van der Waals surface area (Å²) in [5.74, 6) is 1.29. The molecule has 2 aromatic rings. The third kappa shape index (κ3) is 3.44. The monoisotopic (exact) mass is 317 g/mol. The fraction of sp³-hybridized carbons (Fsp3) is 0.375. The van der Waals surface area contributed by atoms with Crippen LogP contribution in [0, 0.1) is 0 Å². The molecule has 0 unspecified atom stereocenters. The van der Waals surface area contributed by atoms with Crippen molar-refractivity contribution in [3.05, 3.63) is 36.0 Å². The van der Waals surface area contributed by atoms with Gasteiger partial charge in [0.25, 0.3) is 0 Å². The lowest BCUT2D eigenvalue weighted by atomic mass is 10.1. The van der Waals surface area contributed by atoms with Gasteiger partial charge in [0.1, 0.15) is 6.04 Å². The molecule has 116 valence electrons. The number of H-pyrrole nitrogens is 1. The van der Waals surface area contributed by atoms with Crippen LogP contribution in [0.1, 0.15) is 12.0 Å². The van der Waals surface area contributed by atoms with Crippen molar-refractivity contribution < 1.29 is 9.59 Å². The molecule has 3 rings (SSSR count). The molecule has 1 aromatic carbocycles. The van der Waals surface area contributed by atoms with Gasteiger partial charge < -0.3 is 15.6 Å². The second-order valence-electron chi connectivity index (χ2n) is 5.35. The van der Waals surface area contributed by atoms with Crippen LogP contribution in [0.3, 0.4) is 0 Å². The topological polar surface area (TPSA) is 74.0 Å². The first kappa shape index (κ1) is 15.0. The second kappa shape index (κ2) is 6.87. The predicted octanol–water partition coefficient (Wildman–Crippen LogP) is 1.45. The highest BCUT2D eigenvalue weighted by atomic mass is 32.2. The largest absolute Gasteiger partial charge is 0.361 e. The molecule has 5 nitrogen and oxygen atoms in total. The molecule has 22 heavy (non-hydrogen) atoms. The van der Waals surface area contributed by atoms with Crippen molar-refractivity contribution in [3.63, 3.8) is 0 Å². The summed E-state index contributed by atoms with van der Waals surface area (Å²) in [7, 11) is 0. The number of amides is 2. The van der Waals surface area contributed by atoms with E-state index in [9.17, 15) is 9.59 Å². The number of aromatic nitrogens is 1. The van der Waals surface area contributed by atoms with Gasteiger partial charge in [0.15, 0.2) is 0 Å². The van der Waals surface area contributed by atoms with E-state index in [0.29, 0.717) is 18.7 Å². The van der Waals surface area contributed by atoms with Crippen LogP contribution in [-0.4, -0.2) is 40.9 Å². The number of hydrogen-bond acceptors (Lipinski definition) is 3. The van der Waals surface area contributed by atoms with Crippen LogP contribution in [0.4, 0.5) is 0 Å². The number of thioether (sulfide) groups is 1. The normalized spacial score (nSPS) is 18.7. The van der Waals surface area contributed by atoms with Crippen molar-refractivity contribution in [2.75, 3.05) is 18.1 Å². The van der Waals surface area contributed by atoms with Crippen molar-refractivity contribution in [3.8, 4) is 0 Å². The van der Waals surface area contributed by atoms with Gasteiger partial charge in [-0.05, 0) is 18.1 Å². The standard InChI is InChI=1S/C16H19N3O2S/c20-15-6-8-22-10-14(19-15)16(21)17-7-5-11-9-18-13-4-2-1-3-12(11)13/h1-4,9,14,18H,5-8,10H2,(H,17,21)(H,19,20)/t14-/m1/s1. The van der Waals surface area contributed by atoms with Gasteiger partial charge >= 0.3 is 0 Å². The van der Waals surface area contributed by atoms with E-state index < -0.39 is 6.04 Å². The molecule has 3 N–H and O–H groups in total. The average molecular weight is 317 g/mol. The molecule has 0 radical (unpaired) electrons. The fourth-order valence-electron chi connectivity index (χ4n) is 2.60. The molecule has 0 saturated carbocycles. The van der Waals surface area contributed by atoms with Gasteiger partial charge in [-0.3, -0.25) is 9.59 Å². The Bertz CT molecular complexity index is 683. The van der Waals surface area contributed by atoms with E-state index in [1.165, 1.54) is 10.9 Å². The van der Waals surface area contributed by atoms with Crippen LogP contribution in [0.25, 0.3) is 10.9 Å². The van der Waals surface area contributed by atoms with Crippen LogP contribution < -0.4 is 10.6 Å². The molecule has 1 saturated heterocycles. The molecular weight excluding hydrogens is 298 g/mol.